The van der Waals surface area contributed by atoms with Gasteiger partial charge in [-0.1, -0.05) is 35.3 Å². The summed E-state index contributed by atoms with van der Waals surface area (Å²) in [6.45, 7) is 3.22. The monoisotopic (exact) mass is 448 g/mol. The van der Waals surface area contributed by atoms with E-state index >= 15 is 0 Å². The van der Waals surface area contributed by atoms with Crippen LogP contribution in [0.15, 0.2) is 48.2 Å². The van der Waals surface area contributed by atoms with Gasteiger partial charge in [0, 0.05) is 30.5 Å². The second-order valence-electron chi connectivity index (χ2n) is 6.54. The van der Waals surface area contributed by atoms with E-state index in [1.54, 1.807) is 42.5 Å². The molecule has 0 unspecified atom stereocenters. The molecule has 0 bridgehead atoms. The van der Waals surface area contributed by atoms with Crippen molar-refractivity contribution in [1.82, 2.24) is 4.90 Å². The Kier molecular flexibility index (Phi) is 7.37. The summed E-state index contributed by atoms with van der Waals surface area (Å²) in [7, 11) is 1.52. The van der Waals surface area contributed by atoms with Crippen LogP contribution >= 0.6 is 23.2 Å². The number of anilines is 1. The number of methoxy groups -OCH3 is 1. The van der Waals surface area contributed by atoms with Crippen molar-refractivity contribution in [2.45, 2.75) is 13.3 Å². The summed E-state index contributed by atoms with van der Waals surface area (Å²) < 4.78 is 10.5. The van der Waals surface area contributed by atoms with Gasteiger partial charge in [-0.25, -0.2) is 0 Å². The van der Waals surface area contributed by atoms with Crippen LogP contribution in [0.5, 0.6) is 5.75 Å². The molecule has 0 spiro atoms. The number of benzene rings is 2. The van der Waals surface area contributed by atoms with Crippen LogP contribution in [0.1, 0.15) is 18.9 Å². The largest absolute Gasteiger partial charge is 0.495 e. The number of halogens is 2. The van der Waals surface area contributed by atoms with Crippen molar-refractivity contribution in [3.05, 3.63) is 63.8 Å². The first-order valence-corrected chi connectivity index (χ1v) is 10.3. The van der Waals surface area contributed by atoms with Gasteiger partial charge in [-0.05, 0) is 49.2 Å². The van der Waals surface area contributed by atoms with Gasteiger partial charge in [0.2, 0.25) is 0 Å². The Bertz CT molecular complexity index is 974. The molecule has 3 rings (SSSR count). The van der Waals surface area contributed by atoms with E-state index < -0.39 is 5.91 Å². The molecule has 8 heteroatoms. The molecule has 158 valence electrons. The lowest BCUT2D eigenvalue weighted by Crippen LogP contribution is -2.34. The highest BCUT2D eigenvalue weighted by molar-refractivity contribution is 6.37. The fraction of sp³-hybridized carbons (Fsp3) is 0.273. The van der Waals surface area contributed by atoms with Crippen LogP contribution in [0, 0.1) is 0 Å². The predicted molar refractivity (Wildman–Crippen MR) is 118 cm³/mol. The SMILES string of the molecule is CCOCCCN1C(=O)C(Nc2ccc(OC)c(Cl)c2)=C(c2ccc(Cl)cc2)C1=O. The first-order chi connectivity index (χ1) is 14.5. The standard InChI is InChI=1S/C22H22Cl2N2O4/c1-3-30-12-4-11-26-21(27)19(14-5-7-15(23)8-6-14)20(22(26)28)25-16-9-10-18(29-2)17(24)13-16/h5-10,13,25H,3-4,11-12H2,1-2H3. The van der Waals surface area contributed by atoms with Crippen molar-refractivity contribution in [2.24, 2.45) is 0 Å². The lowest BCUT2D eigenvalue weighted by Gasteiger charge is -2.15. The Morgan fingerprint density at radius 1 is 1.03 bits per heavy atom. The van der Waals surface area contributed by atoms with Crippen LogP contribution in [0.3, 0.4) is 0 Å². The van der Waals surface area contributed by atoms with Gasteiger partial charge in [-0.3, -0.25) is 14.5 Å². The molecule has 6 nitrogen and oxygen atoms in total. The summed E-state index contributed by atoms with van der Waals surface area (Å²) in [5, 5.41) is 4.00. The number of carbonyl (C=O) groups is 2. The zero-order valence-corrected chi connectivity index (χ0v) is 18.2. The normalized spacial score (nSPS) is 13.9. The number of hydrogen-bond acceptors (Lipinski definition) is 5. The first-order valence-electron chi connectivity index (χ1n) is 9.51. The zero-order valence-electron chi connectivity index (χ0n) is 16.7. The first kappa shape index (κ1) is 22.2. The second kappa shape index (κ2) is 9.98. The van der Waals surface area contributed by atoms with E-state index in [4.69, 9.17) is 32.7 Å². The smallest absolute Gasteiger partial charge is 0.278 e. The highest BCUT2D eigenvalue weighted by atomic mass is 35.5. The van der Waals surface area contributed by atoms with Gasteiger partial charge in [0.25, 0.3) is 11.8 Å². The van der Waals surface area contributed by atoms with Crippen LogP contribution < -0.4 is 10.1 Å². The third-order valence-electron chi connectivity index (χ3n) is 4.60. The van der Waals surface area contributed by atoms with Crippen molar-refractivity contribution in [3.63, 3.8) is 0 Å². The molecular formula is C22H22Cl2N2O4. The maximum atomic E-state index is 13.1. The molecule has 2 aromatic rings. The minimum atomic E-state index is -0.395. The van der Waals surface area contributed by atoms with Crippen molar-refractivity contribution < 1.29 is 19.1 Å². The van der Waals surface area contributed by atoms with Crippen LogP contribution in [0.2, 0.25) is 10.0 Å². The number of ether oxygens (including phenoxy) is 2. The molecule has 0 atom stereocenters. The molecule has 0 fully saturated rings. The van der Waals surface area contributed by atoms with Gasteiger partial charge in [0.1, 0.15) is 11.4 Å². The minimum Gasteiger partial charge on any atom is -0.495 e. The van der Waals surface area contributed by atoms with E-state index in [-0.39, 0.29) is 18.1 Å². The molecule has 0 saturated heterocycles. The maximum Gasteiger partial charge on any atom is 0.278 e. The number of imide groups is 1. The second-order valence-corrected chi connectivity index (χ2v) is 7.39. The topological polar surface area (TPSA) is 67.9 Å². The Hall–Kier alpha value is -2.54. The average molecular weight is 449 g/mol. The molecule has 2 aromatic carbocycles. The molecule has 0 saturated carbocycles. The van der Waals surface area contributed by atoms with Gasteiger partial charge in [-0.2, -0.15) is 0 Å². The fourth-order valence-corrected chi connectivity index (χ4v) is 3.52. The summed E-state index contributed by atoms with van der Waals surface area (Å²) in [6, 6.07) is 11.9. The van der Waals surface area contributed by atoms with Crippen LogP contribution in [0.25, 0.3) is 5.57 Å². The third-order valence-corrected chi connectivity index (χ3v) is 5.14. The molecule has 1 N–H and O–H groups in total. The molecule has 2 amide bonds. The van der Waals surface area contributed by atoms with Crippen LogP contribution in [-0.2, 0) is 14.3 Å². The molecule has 1 aliphatic rings. The number of carbonyl (C=O) groups excluding carboxylic acids is 2. The molecule has 1 heterocycles. The van der Waals surface area contributed by atoms with Crippen LogP contribution in [0.4, 0.5) is 5.69 Å². The number of rotatable bonds is 9. The zero-order chi connectivity index (χ0) is 21.7. The molecule has 1 aliphatic heterocycles. The van der Waals surface area contributed by atoms with Crippen molar-refractivity contribution in [2.75, 3.05) is 32.2 Å². The van der Waals surface area contributed by atoms with E-state index in [1.165, 1.54) is 12.0 Å². The summed E-state index contributed by atoms with van der Waals surface area (Å²) in [6.07, 6.45) is 0.556. The van der Waals surface area contributed by atoms with Crippen LogP contribution in [-0.4, -0.2) is 43.6 Å². The van der Waals surface area contributed by atoms with Gasteiger partial charge in [0.05, 0.1) is 17.7 Å². The number of nitrogens with one attached hydrogen (secondary N) is 1. The summed E-state index contributed by atoms with van der Waals surface area (Å²) in [5.74, 6) is -0.241. The predicted octanol–water partition coefficient (Wildman–Crippen LogP) is 4.62. The molecule has 30 heavy (non-hydrogen) atoms. The van der Waals surface area contributed by atoms with E-state index in [9.17, 15) is 9.59 Å². The lowest BCUT2D eigenvalue weighted by molar-refractivity contribution is -0.137. The molecule has 0 aliphatic carbocycles. The Morgan fingerprint density at radius 2 is 1.77 bits per heavy atom. The highest BCUT2D eigenvalue weighted by Crippen LogP contribution is 2.33. The Labute approximate surface area is 185 Å². The van der Waals surface area contributed by atoms with Crippen molar-refractivity contribution in [3.8, 4) is 5.75 Å². The fourth-order valence-electron chi connectivity index (χ4n) is 3.14. The molecule has 0 radical (unpaired) electrons. The summed E-state index contributed by atoms with van der Waals surface area (Å²) >= 11 is 12.2. The van der Waals surface area contributed by atoms with Crippen molar-refractivity contribution in [1.29, 1.82) is 0 Å². The van der Waals surface area contributed by atoms with E-state index in [1.807, 2.05) is 6.92 Å². The number of nitrogens with zero attached hydrogens (tertiary/aromatic N) is 1. The van der Waals surface area contributed by atoms with E-state index in [0.29, 0.717) is 52.3 Å². The molecule has 0 aromatic heterocycles. The van der Waals surface area contributed by atoms with E-state index in [2.05, 4.69) is 5.32 Å². The minimum absolute atomic E-state index is 0.194. The number of amides is 2. The van der Waals surface area contributed by atoms with Crippen molar-refractivity contribution >= 4 is 46.3 Å². The Balaban J connectivity index is 1.94. The van der Waals surface area contributed by atoms with Gasteiger partial charge < -0.3 is 14.8 Å². The van der Waals surface area contributed by atoms with Gasteiger partial charge in [0.15, 0.2) is 0 Å². The van der Waals surface area contributed by atoms with Gasteiger partial charge in [-0.15, -0.1) is 0 Å². The highest BCUT2D eigenvalue weighted by Gasteiger charge is 2.38. The van der Waals surface area contributed by atoms with E-state index in [0.717, 1.165) is 0 Å². The quantitative estimate of drug-likeness (QED) is 0.447. The summed E-state index contributed by atoms with van der Waals surface area (Å²) in [5.41, 5.74) is 1.66. The lowest BCUT2D eigenvalue weighted by atomic mass is 10.0. The summed E-state index contributed by atoms with van der Waals surface area (Å²) in [4.78, 5) is 27.5. The third kappa shape index (κ3) is 4.78. The average Bonchev–Trinajstić information content (AvgIpc) is 2.96. The Morgan fingerprint density at radius 3 is 2.40 bits per heavy atom. The number of hydrogen-bond donors (Lipinski definition) is 1. The molecular weight excluding hydrogens is 427 g/mol. The van der Waals surface area contributed by atoms with Gasteiger partial charge >= 0.3 is 0 Å². The maximum absolute atomic E-state index is 13.1.